The molecule has 0 radical (unpaired) electrons. The Balaban J connectivity index is 1.63. The molecule has 1 unspecified atom stereocenters. The second-order valence-corrected chi connectivity index (χ2v) is 10.4. The van der Waals surface area contributed by atoms with Gasteiger partial charge >= 0.3 is 6.09 Å². The van der Waals surface area contributed by atoms with Crippen LogP contribution in [-0.4, -0.2) is 50.5 Å². The summed E-state index contributed by atoms with van der Waals surface area (Å²) in [5.41, 5.74) is 0.850. The molecule has 0 fully saturated rings. The number of carbonyl (C=O) groups is 2. The highest BCUT2D eigenvalue weighted by molar-refractivity contribution is 5.82. The van der Waals surface area contributed by atoms with Gasteiger partial charge in [0.05, 0.1) is 12.5 Å². The van der Waals surface area contributed by atoms with Crippen LogP contribution < -0.4 is 10.6 Å². The van der Waals surface area contributed by atoms with Crippen molar-refractivity contribution in [1.29, 1.82) is 0 Å². The van der Waals surface area contributed by atoms with Crippen molar-refractivity contribution in [3.63, 3.8) is 0 Å². The van der Waals surface area contributed by atoms with Crippen molar-refractivity contribution in [2.45, 2.75) is 78.2 Å². The molecular weight excluding hydrogens is 505 g/mol. The van der Waals surface area contributed by atoms with E-state index in [1.54, 1.807) is 18.5 Å². The number of rotatable bonds is 12. The second-order valence-electron chi connectivity index (χ2n) is 10.4. The fraction of sp³-hybridized carbons (Fsp3) is 0.464. The van der Waals surface area contributed by atoms with E-state index in [1.165, 1.54) is 24.3 Å². The lowest BCUT2D eigenvalue weighted by molar-refractivity contribution is -0.131. The first-order valence-electron chi connectivity index (χ1n) is 13.0. The maximum absolute atomic E-state index is 13.2. The maximum atomic E-state index is 13.2. The molecule has 3 aromatic rings. The van der Waals surface area contributed by atoms with Crippen molar-refractivity contribution in [2.24, 2.45) is 5.41 Å². The zero-order chi connectivity index (χ0) is 28.4. The number of hydrogen-bond acceptors (Lipinski definition) is 8. The number of benzene rings is 1. The molecule has 2 amide bonds. The summed E-state index contributed by atoms with van der Waals surface area (Å²) in [6, 6.07) is 8.38. The first kappa shape index (κ1) is 29.7. The Kier molecular flexibility index (Phi) is 10.5. The molecule has 3 atom stereocenters. The van der Waals surface area contributed by atoms with E-state index >= 15 is 0 Å². The van der Waals surface area contributed by atoms with Crippen molar-refractivity contribution < 1.29 is 28.2 Å². The summed E-state index contributed by atoms with van der Waals surface area (Å²) in [7, 11) is 0. The topological polar surface area (TPSA) is 139 Å². The summed E-state index contributed by atoms with van der Waals surface area (Å²) in [6.45, 7) is 7.88. The molecule has 0 spiro atoms. The predicted octanol–water partition coefficient (Wildman–Crippen LogP) is 4.19. The van der Waals surface area contributed by atoms with Crippen LogP contribution in [0.15, 0.2) is 53.2 Å². The van der Waals surface area contributed by atoms with Gasteiger partial charge in [-0.15, -0.1) is 10.2 Å². The van der Waals surface area contributed by atoms with Crippen molar-refractivity contribution in [3.8, 4) is 11.5 Å². The zero-order valence-electron chi connectivity index (χ0n) is 22.7. The van der Waals surface area contributed by atoms with Gasteiger partial charge in [-0.1, -0.05) is 46.6 Å². The van der Waals surface area contributed by atoms with Crippen molar-refractivity contribution in [1.82, 2.24) is 25.8 Å². The molecule has 0 saturated heterocycles. The largest absolute Gasteiger partial charge is 0.445 e. The number of aliphatic hydroxyl groups excluding tert-OH is 1. The van der Waals surface area contributed by atoms with Crippen LogP contribution in [0.1, 0.15) is 58.4 Å². The molecule has 0 aliphatic carbocycles. The molecule has 3 rings (SSSR count). The number of amides is 2. The summed E-state index contributed by atoms with van der Waals surface area (Å²) >= 11 is 0. The Labute approximate surface area is 227 Å². The number of unbranched alkanes of at least 4 members (excludes halogenated alkanes) is 1. The highest BCUT2D eigenvalue weighted by Gasteiger charge is 2.33. The van der Waals surface area contributed by atoms with E-state index in [2.05, 4.69) is 25.8 Å². The maximum Gasteiger partial charge on any atom is 0.407 e. The number of ether oxygens (including phenoxy) is 1. The number of nitrogens with zero attached hydrogens (tertiary/aromatic N) is 3. The number of nitrogens with one attached hydrogen (secondary N) is 2. The zero-order valence-corrected chi connectivity index (χ0v) is 22.7. The minimum atomic E-state index is -1.47. The normalized spacial score (nSPS) is 13.8. The van der Waals surface area contributed by atoms with Gasteiger partial charge < -0.3 is 24.9 Å². The fourth-order valence-electron chi connectivity index (χ4n) is 3.76. The number of alkyl carbamates (subject to hydrolysis) is 1. The predicted molar refractivity (Wildman–Crippen MR) is 142 cm³/mol. The van der Waals surface area contributed by atoms with Crippen LogP contribution in [0.2, 0.25) is 0 Å². The lowest BCUT2D eigenvalue weighted by atomic mass is 9.87. The Bertz CT molecular complexity index is 1200. The first-order chi connectivity index (χ1) is 18.6. The third-order valence-electron chi connectivity index (χ3n) is 6.14. The highest BCUT2D eigenvalue weighted by atomic mass is 19.1. The van der Waals surface area contributed by atoms with Gasteiger partial charge in [0.15, 0.2) is 6.10 Å². The van der Waals surface area contributed by atoms with Crippen molar-refractivity contribution >= 4 is 12.0 Å². The quantitative estimate of drug-likeness (QED) is 0.310. The highest BCUT2D eigenvalue weighted by Crippen LogP contribution is 2.27. The van der Waals surface area contributed by atoms with Crippen LogP contribution in [-0.2, 0) is 22.5 Å². The molecule has 2 heterocycles. The van der Waals surface area contributed by atoms with E-state index in [0.717, 1.165) is 12.0 Å². The molecule has 11 heteroatoms. The van der Waals surface area contributed by atoms with Crippen LogP contribution in [0.4, 0.5) is 9.18 Å². The SMILES string of the molecule is CCCC[C@H](NC(=O)OC(Cc1nnc(-c2ccc(F)cc2)o1)C(C)(C)C)[C@@H](O)C(=O)NCc1cccnc1. The van der Waals surface area contributed by atoms with Gasteiger partial charge in [-0.3, -0.25) is 9.78 Å². The minimum absolute atomic E-state index is 0.138. The second kappa shape index (κ2) is 13.8. The third-order valence-corrected chi connectivity index (χ3v) is 6.14. The van der Waals surface area contributed by atoms with E-state index in [-0.39, 0.29) is 30.6 Å². The monoisotopic (exact) mass is 541 g/mol. The van der Waals surface area contributed by atoms with Crippen LogP contribution >= 0.6 is 0 Å². The van der Waals surface area contributed by atoms with Gasteiger partial charge in [0.1, 0.15) is 11.9 Å². The molecule has 39 heavy (non-hydrogen) atoms. The number of aliphatic hydroxyl groups is 1. The van der Waals surface area contributed by atoms with Gasteiger partial charge in [-0.25, -0.2) is 9.18 Å². The Morgan fingerprint density at radius 3 is 2.54 bits per heavy atom. The van der Waals surface area contributed by atoms with Gasteiger partial charge in [0.25, 0.3) is 5.91 Å². The van der Waals surface area contributed by atoms with Crippen molar-refractivity contribution in [3.05, 3.63) is 66.1 Å². The van der Waals surface area contributed by atoms with Crippen LogP contribution in [0.25, 0.3) is 11.5 Å². The van der Waals surface area contributed by atoms with Gasteiger partial charge in [-0.2, -0.15) is 0 Å². The van der Waals surface area contributed by atoms with Crippen LogP contribution in [0, 0.1) is 11.2 Å². The standard InChI is InChI=1S/C28H36FN5O5/c1-5-6-9-21(24(35)25(36)31-17-18-8-7-14-30-16-18)32-27(37)38-22(28(2,3)4)15-23-33-34-26(39-23)19-10-12-20(29)13-11-19/h7-8,10-14,16,21-22,24,35H,5-6,9,15,17H2,1-4H3,(H,31,36)(H,32,37)/t21-,22?,24+/m0/s1. The van der Waals surface area contributed by atoms with E-state index in [4.69, 9.17) is 9.15 Å². The molecule has 210 valence electrons. The van der Waals surface area contributed by atoms with Crippen molar-refractivity contribution in [2.75, 3.05) is 0 Å². The molecule has 3 N–H and O–H groups in total. The summed E-state index contributed by atoms with van der Waals surface area (Å²) < 4.78 is 24.7. The third kappa shape index (κ3) is 9.13. The average Bonchev–Trinajstić information content (AvgIpc) is 3.38. The van der Waals surface area contributed by atoms with Crippen LogP contribution in [0.3, 0.4) is 0 Å². The fourth-order valence-corrected chi connectivity index (χ4v) is 3.76. The minimum Gasteiger partial charge on any atom is -0.445 e. The van der Waals surface area contributed by atoms with E-state index in [9.17, 15) is 19.1 Å². The average molecular weight is 542 g/mol. The number of hydrogen-bond donors (Lipinski definition) is 3. The summed E-state index contributed by atoms with van der Waals surface area (Å²) in [5.74, 6) is -0.507. The van der Waals surface area contributed by atoms with Gasteiger partial charge in [0, 0.05) is 24.5 Å². The smallest absolute Gasteiger partial charge is 0.407 e. The number of aromatic nitrogens is 3. The lowest BCUT2D eigenvalue weighted by Crippen LogP contribution is -2.51. The van der Waals surface area contributed by atoms with Crippen LogP contribution in [0.5, 0.6) is 0 Å². The molecule has 0 saturated carbocycles. The first-order valence-corrected chi connectivity index (χ1v) is 13.0. The molecule has 2 aromatic heterocycles. The number of carbonyl (C=O) groups excluding carboxylic acids is 2. The number of pyridine rings is 1. The Hall–Kier alpha value is -3.86. The molecule has 1 aromatic carbocycles. The van der Waals surface area contributed by atoms with Gasteiger partial charge in [-0.05, 0) is 47.7 Å². The molecule has 0 bridgehead atoms. The lowest BCUT2D eigenvalue weighted by Gasteiger charge is -2.31. The molecular formula is C28H36FN5O5. The Morgan fingerprint density at radius 1 is 1.15 bits per heavy atom. The number of halogens is 1. The summed E-state index contributed by atoms with van der Waals surface area (Å²) in [4.78, 5) is 29.6. The van der Waals surface area contributed by atoms with E-state index in [1.807, 2.05) is 33.8 Å². The molecule has 0 aliphatic rings. The van der Waals surface area contributed by atoms with Gasteiger partial charge in [0.2, 0.25) is 11.8 Å². The van der Waals surface area contributed by atoms with E-state index in [0.29, 0.717) is 18.4 Å². The van der Waals surface area contributed by atoms with E-state index < -0.39 is 35.7 Å². The summed E-state index contributed by atoms with van der Waals surface area (Å²) in [6.07, 6.45) is 2.37. The Morgan fingerprint density at radius 2 is 1.90 bits per heavy atom. The summed E-state index contributed by atoms with van der Waals surface area (Å²) in [5, 5.41) is 24.2. The molecule has 0 aliphatic heterocycles. The molecule has 10 nitrogen and oxygen atoms in total.